The zero-order valence-electron chi connectivity index (χ0n) is 14.8. The summed E-state index contributed by atoms with van der Waals surface area (Å²) in [5.74, 6) is 1.22. The van der Waals surface area contributed by atoms with Crippen LogP contribution >= 0.6 is 0 Å². The van der Waals surface area contributed by atoms with Crippen molar-refractivity contribution in [2.24, 2.45) is 0 Å². The van der Waals surface area contributed by atoms with Crippen molar-refractivity contribution < 1.29 is 14.0 Å². The SMILES string of the molecule is O=C(c1ccoc1)N1CCCN(C(=O)c2nnc3n2CCCCC3)CC1. The molecule has 0 saturated carbocycles. The van der Waals surface area contributed by atoms with E-state index in [2.05, 4.69) is 10.2 Å². The van der Waals surface area contributed by atoms with Gasteiger partial charge in [0.25, 0.3) is 11.8 Å². The van der Waals surface area contributed by atoms with Crippen LogP contribution in [0.2, 0.25) is 0 Å². The molecule has 0 atom stereocenters. The molecule has 2 aliphatic heterocycles. The third-order valence-corrected chi connectivity index (χ3v) is 5.14. The fourth-order valence-corrected chi connectivity index (χ4v) is 3.68. The third kappa shape index (κ3) is 3.23. The molecule has 2 aromatic heterocycles. The van der Waals surface area contributed by atoms with Crippen LogP contribution in [0, 0.1) is 0 Å². The summed E-state index contributed by atoms with van der Waals surface area (Å²) in [5, 5.41) is 8.39. The molecule has 26 heavy (non-hydrogen) atoms. The summed E-state index contributed by atoms with van der Waals surface area (Å²) in [5.41, 5.74) is 0.549. The van der Waals surface area contributed by atoms with Crippen LogP contribution in [0.5, 0.6) is 0 Å². The number of furan rings is 1. The fourth-order valence-electron chi connectivity index (χ4n) is 3.68. The zero-order chi connectivity index (χ0) is 17.9. The first-order valence-electron chi connectivity index (χ1n) is 9.27. The van der Waals surface area contributed by atoms with Crippen molar-refractivity contribution in [1.82, 2.24) is 24.6 Å². The van der Waals surface area contributed by atoms with Gasteiger partial charge in [0, 0.05) is 39.1 Å². The van der Waals surface area contributed by atoms with Gasteiger partial charge in [0.2, 0.25) is 5.82 Å². The van der Waals surface area contributed by atoms with Crippen LogP contribution < -0.4 is 0 Å². The Morgan fingerprint density at radius 3 is 2.46 bits per heavy atom. The summed E-state index contributed by atoms with van der Waals surface area (Å²) in [6.07, 6.45) is 7.90. The lowest BCUT2D eigenvalue weighted by atomic mass is 10.2. The van der Waals surface area contributed by atoms with Crippen molar-refractivity contribution in [3.8, 4) is 0 Å². The highest BCUT2D eigenvalue weighted by atomic mass is 16.3. The summed E-state index contributed by atoms with van der Waals surface area (Å²) in [6, 6.07) is 1.67. The van der Waals surface area contributed by atoms with Gasteiger partial charge in [0.15, 0.2) is 0 Å². The summed E-state index contributed by atoms with van der Waals surface area (Å²) >= 11 is 0. The van der Waals surface area contributed by atoms with Gasteiger partial charge in [-0.25, -0.2) is 0 Å². The quantitative estimate of drug-likeness (QED) is 0.815. The maximum Gasteiger partial charge on any atom is 0.291 e. The van der Waals surface area contributed by atoms with Crippen LogP contribution in [0.1, 0.15) is 52.5 Å². The summed E-state index contributed by atoms with van der Waals surface area (Å²) in [4.78, 5) is 29.0. The van der Waals surface area contributed by atoms with E-state index in [1.807, 2.05) is 4.57 Å². The minimum absolute atomic E-state index is 0.0515. The molecule has 0 unspecified atom stereocenters. The van der Waals surface area contributed by atoms with Crippen molar-refractivity contribution in [1.29, 1.82) is 0 Å². The van der Waals surface area contributed by atoms with Crippen molar-refractivity contribution in [2.45, 2.75) is 38.6 Å². The molecule has 0 aromatic carbocycles. The van der Waals surface area contributed by atoms with Crippen molar-refractivity contribution in [3.63, 3.8) is 0 Å². The largest absolute Gasteiger partial charge is 0.472 e. The van der Waals surface area contributed by atoms with Crippen molar-refractivity contribution >= 4 is 11.8 Å². The van der Waals surface area contributed by atoms with E-state index in [0.29, 0.717) is 37.6 Å². The number of nitrogens with zero attached hydrogens (tertiary/aromatic N) is 5. The van der Waals surface area contributed by atoms with E-state index in [4.69, 9.17) is 4.42 Å². The molecular weight excluding hydrogens is 334 g/mol. The lowest BCUT2D eigenvalue weighted by Crippen LogP contribution is -2.38. The Balaban J connectivity index is 1.45. The second-order valence-corrected chi connectivity index (χ2v) is 6.85. The van der Waals surface area contributed by atoms with Crippen molar-refractivity contribution in [3.05, 3.63) is 35.8 Å². The number of hydrogen-bond acceptors (Lipinski definition) is 5. The monoisotopic (exact) mass is 357 g/mol. The maximum absolute atomic E-state index is 13.0. The molecule has 2 aromatic rings. The Kier molecular flexibility index (Phi) is 4.73. The Bertz CT molecular complexity index is 783. The molecule has 0 spiro atoms. The Labute approximate surface area is 151 Å². The molecule has 138 valence electrons. The minimum atomic E-state index is -0.0803. The number of carbonyl (C=O) groups excluding carboxylic acids is 2. The summed E-state index contributed by atoms with van der Waals surface area (Å²) in [6.45, 7) is 3.08. The Morgan fingerprint density at radius 2 is 1.69 bits per heavy atom. The Morgan fingerprint density at radius 1 is 0.885 bits per heavy atom. The molecule has 8 nitrogen and oxygen atoms in total. The summed E-state index contributed by atoms with van der Waals surface area (Å²) in [7, 11) is 0. The van der Waals surface area contributed by atoms with Gasteiger partial charge in [0.1, 0.15) is 12.1 Å². The van der Waals surface area contributed by atoms with Crippen LogP contribution in [-0.2, 0) is 13.0 Å². The number of carbonyl (C=O) groups is 2. The fraction of sp³-hybridized carbons (Fsp3) is 0.556. The normalized spacial score (nSPS) is 18.2. The van der Waals surface area contributed by atoms with E-state index in [1.54, 1.807) is 15.9 Å². The number of amides is 2. The summed E-state index contributed by atoms with van der Waals surface area (Å²) < 4.78 is 6.98. The average Bonchev–Trinajstić information content (AvgIpc) is 3.18. The van der Waals surface area contributed by atoms with Crippen molar-refractivity contribution in [2.75, 3.05) is 26.2 Å². The molecule has 1 saturated heterocycles. The van der Waals surface area contributed by atoms with Gasteiger partial charge in [-0.2, -0.15) is 0 Å². The van der Waals surface area contributed by atoms with Gasteiger partial charge in [0.05, 0.1) is 11.8 Å². The first kappa shape index (κ1) is 16.8. The highest BCUT2D eigenvalue weighted by Crippen LogP contribution is 2.17. The molecular formula is C18H23N5O3. The average molecular weight is 357 g/mol. The van der Waals surface area contributed by atoms with E-state index in [1.165, 1.54) is 12.5 Å². The second-order valence-electron chi connectivity index (χ2n) is 6.85. The molecule has 8 heteroatoms. The van der Waals surface area contributed by atoms with E-state index in [9.17, 15) is 9.59 Å². The lowest BCUT2D eigenvalue weighted by Gasteiger charge is -2.21. The number of hydrogen-bond donors (Lipinski definition) is 0. The maximum atomic E-state index is 13.0. The highest BCUT2D eigenvalue weighted by Gasteiger charge is 2.28. The predicted octanol–water partition coefficient (Wildman–Crippen LogP) is 1.59. The Hall–Kier alpha value is -2.64. The molecule has 0 radical (unpaired) electrons. The first-order chi connectivity index (χ1) is 12.7. The van der Waals surface area contributed by atoms with E-state index in [-0.39, 0.29) is 11.8 Å². The standard InChI is InChI=1S/C18H23N5O3/c24-17(14-6-12-26-13-14)21-7-4-8-22(11-10-21)18(25)16-20-19-15-5-2-1-3-9-23(15)16/h6,12-13H,1-5,7-11H2. The number of aryl methyl sites for hydroxylation is 1. The third-order valence-electron chi connectivity index (χ3n) is 5.14. The molecule has 1 fully saturated rings. The van der Waals surface area contributed by atoms with Crippen LogP contribution in [0.3, 0.4) is 0 Å². The smallest absolute Gasteiger partial charge is 0.291 e. The second kappa shape index (κ2) is 7.31. The van der Waals surface area contributed by atoms with Gasteiger partial charge in [-0.3, -0.25) is 9.59 Å². The van der Waals surface area contributed by atoms with E-state index < -0.39 is 0 Å². The molecule has 0 N–H and O–H groups in total. The molecule has 4 rings (SSSR count). The zero-order valence-corrected chi connectivity index (χ0v) is 14.8. The van der Waals surface area contributed by atoms with Crippen LogP contribution in [-0.4, -0.2) is 62.6 Å². The van der Waals surface area contributed by atoms with E-state index >= 15 is 0 Å². The first-order valence-corrected chi connectivity index (χ1v) is 9.27. The lowest BCUT2D eigenvalue weighted by molar-refractivity contribution is 0.0708. The van der Waals surface area contributed by atoms with Crippen LogP contribution in [0.25, 0.3) is 0 Å². The van der Waals surface area contributed by atoms with Crippen LogP contribution in [0.15, 0.2) is 23.0 Å². The molecule has 2 amide bonds. The highest BCUT2D eigenvalue weighted by molar-refractivity contribution is 5.94. The van der Waals surface area contributed by atoms with Gasteiger partial charge >= 0.3 is 0 Å². The topological polar surface area (TPSA) is 84.5 Å². The molecule has 0 bridgehead atoms. The van der Waals surface area contributed by atoms with Crippen LogP contribution in [0.4, 0.5) is 0 Å². The van der Waals surface area contributed by atoms with Gasteiger partial charge in [-0.1, -0.05) is 6.42 Å². The molecule has 2 aliphatic rings. The number of fused-ring (bicyclic) bond motifs is 1. The molecule has 4 heterocycles. The minimum Gasteiger partial charge on any atom is -0.472 e. The number of aromatic nitrogens is 3. The van der Waals surface area contributed by atoms with Gasteiger partial charge in [-0.15, -0.1) is 10.2 Å². The van der Waals surface area contributed by atoms with E-state index in [0.717, 1.165) is 44.5 Å². The number of rotatable bonds is 2. The molecule has 0 aliphatic carbocycles. The van der Waals surface area contributed by atoms with Gasteiger partial charge < -0.3 is 18.8 Å². The predicted molar refractivity (Wildman–Crippen MR) is 92.7 cm³/mol. The van der Waals surface area contributed by atoms with Gasteiger partial charge in [-0.05, 0) is 25.3 Å².